The van der Waals surface area contributed by atoms with Crippen LogP contribution in [-0.2, 0) is 6.42 Å². The molecule has 142 valence electrons. The third kappa shape index (κ3) is 3.46. The number of hydrogen-bond acceptors (Lipinski definition) is 5. The van der Waals surface area contributed by atoms with E-state index in [9.17, 15) is 4.79 Å². The fraction of sp³-hybridized carbons (Fsp3) is 0.0476. The van der Waals surface area contributed by atoms with E-state index in [-0.39, 0.29) is 5.56 Å². The van der Waals surface area contributed by atoms with Gasteiger partial charge in [-0.2, -0.15) is 5.10 Å². The lowest BCUT2D eigenvalue weighted by Crippen LogP contribution is -2.03. The smallest absolute Gasteiger partial charge is 0.248 e. The van der Waals surface area contributed by atoms with Crippen LogP contribution in [0.25, 0.3) is 32.7 Å². The van der Waals surface area contributed by atoms with Gasteiger partial charge in [0.1, 0.15) is 10.0 Å². The molecule has 0 aliphatic rings. The van der Waals surface area contributed by atoms with Gasteiger partial charge in [-0.3, -0.25) is 9.89 Å². The van der Waals surface area contributed by atoms with Gasteiger partial charge in [0.15, 0.2) is 0 Å². The lowest BCUT2D eigenvalue weighted by molar-refractivity contribution is 1.01. The van der Waals surface area contributed by atoms with Crippen molar-refractivity contribution in [1.82, 2.24) is 25.4 Å². The van der Waals surface area contributed by atoms with Gasteiger partial charge in [-0.1, -0.05) is 53.3 Å². The highest BCUT2D eigenvalue weighted by Crippen LogP contribution is 2.31. The number of H-pyrrole nitrogens is 2. The fourth-order valence-electron chi connectivity index (χ4n) is 3.21. The van der Waals surface area contributed by atoms with E-state index in [0.29, 0.717) is 11.4 Å². The van der Waals surface area contributed by atoms with Gasteiger partial charge in [0.25, 0.3) is 0 Å². The molecule has 0 atom stereocenters. The minimum atomic E-state index is -0.127. The van der Waals surface area contributed by atoms with Crippen LogP contribution in [0, 0.1) is 0 Å². The monoisotopic (exact) mass is 419 g/mol. The number of aromatic amines is 2. The predicted molar refractivity (Wildman–Crippen MR) is 115 cm³/mol. The second-order valence-electron chi connectivity index (χ2n) is 6.56. The molecule has 3 heterocycles. The van der Waals surface area contributed by atoms with E-state index in [4.69, 9.17) is 11.6 Å². The molecule has 0 aliphatic heterocycles. The fourth-order valence-corrected chi connectivity index (χ4v) is 4.34. The number of hydrogen-bond donors (Lipinski definition) is 2. The summed E-state index contributed by atoms with van der Waals surface area (Å²) in [7, 11) is 0. The minimum absolute atomic E-state index is 0.127. The molecule has 29 heavy (non-hydrogen) atoms. The molecule has 0 unspecified atom stereocenters. The summed E-state index contributed by atoms with van der Waals surface area (Å²) in [6.45, 7) is 0. The molecule has 2 N–H and O–H groups in total. The highest BCUT2D eigenvalue weighted by molar-refractivity contribution is 7.14. The number of benzene rings is 2. The Hall–Kier alpha value is -3.29. The van der Waals surface area contributed by atoms with Crippen molar-refractivity contribution < 1.29 is 0 Å². The summed E-state index contributed by atoms with van der Waals surface area (Å²) in [5.74, 6) is 0. The SMILES string of the molecule is O=c1cccc(-c2cccc(-c3nnc(Cc4ccc5[nH]ncc5c4Cl)s3)c2)[nH]1. The minimum Gasteiger partial charge on any atom is -0.322 e. The average Bonchev–Trinajstić information content (AvgIpc) is 3.40. The quantitative estimate of drug-likeness (QED) is 0.442. The Labute approximate surface area is 174 Å². The summed E-state index contributed by atoms with van der Waals surface area (Å²) in [6.07, 6.45) is 2.33. The topological polar surface area (TPSA) is 87.3 Å². The van der Waals surface area contributed by atoms with Crippen LogP contribution in [0.1, 0.15) is 10.6 Å². The van der Waals surface area contributed by atoms with Gasteiger partial charge in [-0.15, -0.1) is 10.2 Å². The van der Waals surface area contributed by atoms with Gasteiger partial charge in [-0.25, -0.2) is 0 Å². The first kappa shape index (κ1) is 17.8. The van der Waals surface area contributed by atoms with E-state index >= 15 is 0 Å². The Bertz CT molecular complexity index is 1390. The molecular formula is C21H14ClN5OS. The number of nitrogens with zero attached hydrogens (tertiary/aromatic N) is 3. The van der Waals surface area contributed by atoms with Crippen molar-refractivity contribution in [1.29, 1.82) is 0 Å². The molecule has 0 amide bonds. The lowest BCUT2D eigenvalue weighted by Gasteiger charge is -2.03. The number of fused-ring (bicyclic) bond motifs is 1. The first-order chi connectivity index (χ1) is 14.2. The summed E-state index contributed by atoms with van der Waals surface area (Å²) in [6, 6.07) is 16.9. The number of halogens is 1. The van der Waals surface area contributed by atoms with E-state index in [1.165, 1.54) is 17.4 Å². The molecule has 8 heteroatoms. The highest BCUT2D eigenvalue weighted by atomic mass is 35.5. The largest absolute Gasteiger partial charge is 0.322 e. The molecule has 0 saturated heterocycles. The van der Waals surface area contributed by atoms with E-state index in [0.717, 1.165) is 43.3 Å². The van der Waals surface area contributed by atoms with Crippen molar-refractivity contribution in [2.45, 2.75) is 6.42 Å². The Morgan fingerprint density at radius 3 is 2.76 bits per heavy atom. The number of pyridine rings is 1. The molecular weight excluding hydrogens is 406 g/mol. The summed E-state index contributed by atoms with van der Waals surface area (Å²) in [4.78, 5) is 14.4. The van der Waals surface area contributed by atoms with Crippen molar-refractivity contribution >= 4 is 33.8 Å². The Balaban J connectivity index is 1.45. The first-order valence-corrected chi connectivity index (χ1v) is 10.1. The van der Waals surface area contributed by atoms with Crippen LogP contribution in [0.15, 0.2) is 65.6 Å². The molecule has 0 fully saturated rings. The van der Waals surface area contributed by atoms with Crippen LogP contribution in [-0.4, -0.2) is 25.4 Å². The Morgan fingerprint density at radius 1 is 1.00 bits per heavy atom. The standard InChI is InChI=1S/C21H14ClN5OS/c22-20-13(7-8-17-15(20)11-23-25-17)10-19-26-27-21(29-19)14-4-1-3-12(9-14)16-5-2-6-18(28)24-16/h1-9,11H,10H2,(H,23,25)(H,24,28). The second-order valence-corrected chi connectivity index (χ2v) is 8.00. The van der Waals surface area contributed by atoms with E-state index < -0.39 is 0 Å². The van der Waals surface area contributed by atoms with Gasteiger partial charge in [0.2, 0.25) is 5.56 Å². The molecule has 0 saturated carbocycles. The second kappa shape index (κ2) is 7.27. The zero-order valence-electron chi connectivity index (χ0n) is 15.0. The van der Waals surface area contributed by atoms with Crippen molar-refractivity contribution in [3.63, 3.8) is 0 Å². The van der Waals surface area contributed by atoms with Crippen LogP contribution in [0.3, 0.4) is 0 Å². The van der Waals surface area contributed by atoms with Crippen LogP contribution < -0.4 is 5.56 Å². The lowest BCUT2D eigenvalue weighted by atomic mass is 10.1. The Morgan fingerprint density at radius 2 is 1.86 bits per heavy atom. The molecule has 5 aromatic rings. The van der Waals surface area contributed by atoms with E-state index in [2.05, 4.69) is 25.4 Å². The summed E-state index contributed by atoms with van der Waals surface area (Å²) in [5.41, 5.74) is 4.41. The number of rotatable bonds is 4. The van der Waals surface area contributed by atoms with Gasteiger partial charge in [-0.05, 0) is 29.3 Å². The predicted octanol–water partition coefficient (Wildman–Crippen LogP) is 4.68. The molecule has 6 nitrogen and oxygen atoms in total. The van der Waals surface area contributed by atoms with Crippen molar-refractivity contribution in [2.24, 2.45) is 0 Å². The molecule has 2 aromatic carbocycles. The maximum absolute atomic E-state index is 11.6. The van der Waals surface area contributed by atoms with Gasteiger partial charge >= 0.3 is 0 Å². The third-order valence-electron chi connectivity index (χ3n) is 4.64. The molecule has 5 rings (SSSR count). The third-order valence-corrected chi connectivity index (χ3v) is 6.05. The zero-order chi connectivity index (χ0) is 19.8. The summed E-state index contributed by atoms with van der Waals surface area (Å²) in [5, 5.41) is 18.9. The van der Waals surface area contributed by atoms with Crippen LogP contribution in [0.2, 0.25) is 5.02 Å². The molecule has 0 aliphatic carbocycles. The van der Waals surface area contributed by atoms with Crippen molar-refractivity contribution in [3.05, 3.63) is 86.7 Å². The van der Waals surface area contributed by atoms with Gasteiger partial charge in [0, 0.05) is 29.1 Å². The molecule has 3 aromatic heterocycles. The van der Waals surface area contributed by atoms with Crippen molar-refractivity contribution in [2.75, 3.05) is 0 Å². The van der Waals surface area contributed by atoms with Crippen LogP contribution in [0.5, 0.6) is 0 Å². The molecule has 0 radical (unpaired) electrons. The van der Waals surface area contributed by atoms with Crippen molar-refractivity contribution in [3.8, 4) is 21.8 Å². The maximum Gasteiger partial charge on any atom is 0.248 e. The van der Waals surface area contributed by atoms with E-state index in [1.807, 2.05) is 42.5 Å². The zero-order valence-corrected chi connectivity index (χ0v) is 16.6. The van der Waals surface area contributed by atoms with E-state index in [1.54, 1.807) is 12.3 Å². The molecule has 0 bridgehead atoms. The highest BCUT2D eigenvalue weighted by Gasteiger charge is 2.12. The van der Waals surface area contributed by atoms with Crippen LogP contribution >= 0.6 is 22.9 Å². The summed E-state index contributed by atoms with van der Waals surface area (Å²) >= 11 is 8.05. The number of aromatic nitrogens is 5. The normalized spacial score (nSPS) is 11.2. The average molecular weight is 420 g/mol. The van der Waals surface area contributed by atoms with Crippen LogP contribution in [0.4, 0.5) is 0 Å². The Kier molecular flexibility index (Phi) is 4.46. The maximum atomic E-state index is 11.6. The number of nitrogens with one attached hydrogen (secondary N) is 2. The first-order valence-electron chi connectivity index (χ1n) is 8.90. The van der Waals surface area contributed by atoms with Gasteiger partial charge < -0.3 is 4.98 Å². The summed E-state index contributed by atoms with van der Waals surface area (Å²) < 4.78 is 0. The molecule has 0 spiro atoms. The van der Waals surface area contributed by atoms with Gasteiger partial charge in [0.05, 0.1) is 16.7 Å².